The van der Waals surface area contributed by atoms with Crippen molar-refractivity contribution in [2.24, 2.45) is 0 Å². The standard InChI is InChI=1S/C22H23NO3/c1-16-9-11-18(12-10-16)21(26-14-13-24)15-23-22(25)20-8-4-6-17-5-2-3-7-19(17)20/h2-12,21,24H,13-15H2,1H3,(H,23,25)/t21-/m1/s1. The zero-order chi connectivity index (χ0) is 18.4. The molecule has 1 amide bonds. The summed E-state index contributed by atoms with van der Waals surface area (Å²) in [7, 11) is 0. The van der Waals surface area contributed by atoms with E-state index < -0.39 is 0 Å². The molecule has 0 fully saturated rings. The van der Waals surface area contributed by atoms with Crippen molar-refractivity contribution in [3.8, 4) is 0 Å². The Morgan fingerprint density at radius 3 is 2.54 bits per heavy atom. The Bertz CT molecular complexity index is 869. The van der Waals surface area contributed by atoms with Gasteiger partial charge in [-0.15, -0.1) is 0 Å². The average molecular weight is 349 g/mol. The summed E-state index contributed by atoms with van der Waals surface area (Å²) in [6.07, 6.45) is -0.304. The Morgan fingerprint density at radius 1 is 1.04 bits per heavy atom. The Kier molecular flexibility index (Phi) is 6.00. The first-order valence-corrected chi connectivity index (χ1v) is 8.74. The van der Waals surface area contributed by atoms with E-state index >= 15 is 0 Å². The Balaban J connectivity index is 1.75. The number of hydrogen-bond donors (Lipinski definition) is 2. The Labute approximate surface area is 153 Å². The van der Waals surface area contributed by atoms with E-state index in [0.29, 0.717) is 12.1 Å². The summed E-state index contributed by atoms with van der Waals surface area (Å²) < 4.78 is 5.73. The van der Waals surface area contributed by atoms with Crippen LogP contribution in [0.25, 0.3) is 10.8 Å². The normalized spacial score (nSPS) is 12.1. The fraction of sp³-hybridized carbons (Fsp3) is 0.227. The monoisotopic (exact) mass is 349 g/mol. The summed E-state index contributed by atoms with van der Waals surface area (Å²) in [4.78, 5) is 12.7. The molecular formula is C22H23NO3. The van der Waals surface area contributed by atoms with Crippen molar-refractivity contribution in [1.82, 2.24) is 5.32 Å². The molecule has 0 aliphatic heterocycles. The summed E-state index contributed by atoms with van der Waals surface area (Å²) in [6, 6.07) is 21.5. The fourth-order valence-corrected chi connectivity index (χ4v) is 2.95. The van der Waals surface area contributed by atoms with E-state index in [0.717, 1.165) is 21.9 Å². The van der Waals surface area contributed by atoms with Gasteiger partial charge in [-0.05, 0) is 29.3 Å². The van der Waals surface area contributed by atoms with Crippen molar-refractivity contribution in [2.45, 2.75) is 13.0 Å². The lowest BCUT2D eigenvalue weighted by Crippen LogP contribution is -2.30. The summed E-state index contributed by atoms with van der Waals surface area (Å²) >= 11 is 0. The third-order valence-electron chi connectivity index (χ3n) is 4.34. The van der Waals surface area contributed by atoms with Crippen molar-refractivity contribution in [3.63, 3.8) is 0 Å². The maximum absolute atomic E-state index is 12.7. The molecule has 26 heavy (non-hydrogen) atoms. The van der Waals surface area contributed by atoms with Crippen molar-refractivity contribution in [2.75, 3.05) is 19.8 Å². The van der Waals surface area contributed by atoms with Crippen LogP contribution in [0.1, 0.15) is 27.6 Å². The molecule has 0 saturated carbocycles. The molecule has 0 bridgehead atoms. The van der Waals surface area contributed by atoms with E-state index in [9.17, 15) is 4.79 Å². The van der Waals surface area contributed by atoms with Gasteiger partial charge in [0.05, 0.1) is 19.3 Å². The molecule has 3 aromatic carbocycles. The van der Waals surface area contributed by atoms with Crippen LogP contribution in [0.15, 0.2) is 66.7 Å². The van der Waals surface area contributed by atoms with Crippen molar-refractivity contribution >= 4 is 16.7 Å². The number of aliphatic hydroxyl groups excluding tert-OH is 1. The lowest BCUT2D eigenvalue weighted by Gasteiger charge is -2.19. The molecule has 0 aliphatic rings. The molecule has 0 heterocycles. The van der Waals surface area contributed by atoms with Crippen molar-refractivity contribution in [1.29, 1.82) is 0 Å². The first kappa shape index (κ1) is 18.1. The van der Waals surface area contributed by atoms with Gasteiger partial charge in [-0.2, -0.15) is 0 Å². The van der Waals surface area contributed by atoms with E-state index in [-0.39, 0.29) is 25.2 Å². The van der Waals surface area contributed by atoms with Gasteiger partial charge >= 0.3 is 0 Å². The lowest BCUT2D eigenvalue weighted by molar-refractivity contribution is 0.0277. The topological polar surface area (TPSA) is 58.6 Å². The molecule has 4 heteroatoms. The number of rotatable bonds is 7. The SMILES string of the molecule is Cc1ccc([C@@H](CNC(=O)c2cccc3ccccc23)OCCO)cc1. The lowest BCUT2D eigenvalue weighted by atomic mass is 10.0. The van der Waals surface area contributed by atoms with Crippen LogP contribution in [0.3, 0.4) is 0 Å². The molecule has 2 N–H and O–H groups in total. The minimum Gasteiger partial charge on any atom is -0.394 e. The molecule has 0 spiro atoms. The van der Waals surface area contributed by atoms with Gasteiger partial charge in [0.1, 0.15) is 0 Å². The number of nitrogens with one attached hydrogen (secondary N) is 1. The van der Waals surface area contributed by atoms with Gasteiger partial charge in [-0.25, -0.2) is 0 Å². The van der Waals surface area contributed by atoms with Crippen molar-refractivity contribution < 1.29 is 14.6 Å². The second-order valence-electron chi connectivity index (χ2n) is 6.23. The molecule has 3 rings (SSSR count). The highest BCUT2D eigenvalue weighted by molar-refractivity contribution is 6.07. The molecule has 4 nitrogen and oxygen atoms in total. The minimum atomic E-state index is -0.304. The predicted octanol–water partition coefficient (Wildman–Crippen LogP) is 3.63. The summed E-state index contributed by atoms with van der Waals surface area (Å²) in [6.45, 7) is 2.53. The highest BCUT2D eigenvalue weighted by Crippen LogP contribution is 2.20. The van der Waals surface area contributed by atoms with Gasteiger partial charge in [-0.1, -0.05) is 66.2 Å². The number of fused-ring (bicyclic) bond motifs is 1. The zero-order valence-electron chi connectivity index (χ0n) is 14.8. The van der Waals surface area contributed by atoms with E-state index in [1.165, 1.54) is 0 Å². The smallest absolute Gasteiger partial charge is 0.252 e. The third-order valence-corrected chi connectivity index (χ3v) is 4.34. The van der Waals surface area contributed by atoms with E-state index in [4.69, 9.17) is 9.84 Å². The molecule has 0 radical (unpaired) electrons. The van der Waals surface area contributed by atoms with Crippen LogP contribution in [-0.4, -0.2) is 30.8 Å². The molecular weight excluding hydrogens is 326 g/mol. The quantitative estimate of drug-likeness (QED) is 0.685. The second-order valence-corrected chi connectivity index (χ2v) is 6.23. The van der Waals surface area contributed by atoms with Crippen LogP contribution < -0.4 is 5.32 Å². The van der Waals surface area contributed by atoms with Gasteiger partial charge in [0.2, 0.25) is 0 Å². The predicted molar refractivity (Wildman–Crippen MR) is 103 cm³/mol. The number of aliphatic hydroxyl groups is 1. The molecule has 3 aromatic rings. The molecule has 0 unspecified atom stereocenters. The van der Waals surface area contributed by atoms with Crippen LogP contribution in [0.2, 0.25) is 0 Å². The number of benzene rings is 3. The van der Waals surface area contributed by atoms with Gasteiger partial charge in [-0.3, -0.25) is 4.79 Å². The summed E-state index contributed by atoms with van der Waals surface area (Å²) in [5.41, 5.74) is 2.78. The molecule has 1 atom stereocenters. The van der Waals surface area contributed by atoms with Gasteiger partial charge in [0.25, 0.3) is 5.91 Å². The molecule has 0 aliphatic carbocycles. The first-order valence-electron chi connectivity index (χ1n) is 8.74. The number of ether oxygens (including phenoxy) is 1. The number of carbonyl (C=O) groups excluding carboxylic acids is 1. The van der Waals surface area contributed by atoms with E-state index in [2.05, 4.69) is 5.32 Å². The maximum Gasteiger partial charge on any atom is 0.252 e. The number of hydrogen-bond acceptors (Lipinski definition) is 3. The van der Waals surface area contributed by atoms with E-state index in [1.54, 1.807) is 0 Å². The third kappa shape index (κ3) is 4.28. The van der Waals surface area contributed by atoms with Crippen LogP contribution in [-0.2, 0) is 4.74 Å². The zero-order valence-corrected chi connectivity index (χ0v) is 14.8. The Hall–Kier alpha value is -2.69. The highest BCUT2D eigenvalue weighted by atomic mass is 16.5. The number of carbonyl (C=O) groups is 1. The van der Waals surface area contributed by atoms with Crippen molar-refractivity contribution in [3.05, 3.63) is 83.4 Å². The average Bonchev–Trinajstić information content (AvgIpc) is 2.68. The maximum atomic E-state index is 12.7. The van der Waals surface area contributed by atoms with Crippen LogP contribution >= 0.6 is 0 Å². The van der Waals surface area contributed by atoms with E-state index in [1.807, 2.05) is 73.7 Å². The highest BCUT2D eigenvalue weighted by Gasteiger charge is 2.15. The van der Waals surface area contributed by atoms with Gasteiger partial charge < -0.3 is 15.2 Å². The second kappa shape index (κ2) is 8.61. The van der Waals surface area contributed by atoms with Gasteiger partial charge in [0, 0.05) is 12.1 Å². The van der Waals surface area contributed by atoms with Crippen LogP contribution in [0, 0.1) is 6.92 Å². The first-order chi connectivity index (χ1) is 12.7. The molecule has 134 valence electrons. The van der Waals surface area contributed by atoms with Crippen LogP contribution in [0.4, 0.5) is 0 Å². The minimum absolute atomic E-state index is 0.0559. The van der Waals surface area contributed by atoms with Gasteiger partial charge in [0.15, 0.2) is 0 Å². The van der Waals surface area contributed by atoms with Crippen LogP contribution in [0.5, 0.6) is 0 Å². The summed E-state index contributed by atoms with van der Waals surface area (Å²) in [5.74, 6) is -0.133. The summed E-state index contributed by atoms with van der Waals surface area (Å²) in [5, 5.41) is 14.0. The fourth-order valence-electron chi connectivity index (χ4n) is 2.95. The largest absolute Gasteiger partial charge is 0.394 e. The number of amides is 1. The molecule has 0 aromatic heterocycles. The Morgan fingerprint density at radius 2 is 1.77 bits per heavy atom. The molecule has 0 saturated heterocycles. The number of aryl methyl sites for hydroxylation is 1.